The van der Waals surface area contributed by atoms with Gasteiger partial charge in [0.15, 0.2) is 0 Å². The smallest absolute Gasteiger partial charge is 0.315 e. The lowest BCUT2D eigenvalue weighted by Gasteiger charge is -2.21. The van der Waals surface area contributed by atoms with Crippen molar-refractivity contribution in [2.45, 2.75) is 26.2 Å². The SMILES string of the molecule is COC(=O)C(C)(C)c1ccc2c(c1)nc(C)n2C. The third-order valence-corrected chi connectivity index (χ3v) is 3.52. The molecule has 0 spiro atoms. The van der Waals surface area contributed by atoms with Crippen LogP contribution in [0.1, 0.15) is 25.2 Å². The summed E-state index contributed by atoms with van der Waals surface area (Å²) in [6.45, 7) is 5.68. The average molecular weight is 246 g/mol. The molecule has 0 aliphatic carbocycles. The van der Waals surface area contributed by atoms with Gasteiger partial charge < -0.3 is 9.30 Å². The Morgan fingerprint density at radius 3 is 2.67 bits per heavy atom. The van der Waals surface area contributed by atoms with Gasteiger partial charge in [-0.1, -0.05) is 6.07 Å². The van der Waals surface area contributed by atoms with Crippen LogP contribution < -0.4 is 0 Å². The van der Waals surface area contributed by atoms with Gasteiger partial charge in [0, 0.05) is 7.05 Å². The van der Waals surface area contributed by atoms with Crippen molar-refractivity contribution in [3.05, 3.63) is 29.6 Å². The maximum absolute atomic E-state index is 11.8. The van der Waals surface area contributed by atoms with Crippen LogP contribution in [0.4, 0.5) is 0 Å². The summed E-state index contributed by atoms with van der Waals surface area (Å²) in [5, 5.41) is 0. The first kappa shape index (κ1) is 12.6. The monoisotopic (exact) mass is 246 g/mol. The lowest BCUT2D eigenvalue weighted by Crippen LogP contribution is -2.30. The van der Waals surface area contributed by atoms with E-state index in [-0.39, 0.29) is 5.97 Å². The van der Waals surface area contributed by atoms with Gasteiger partial charge in [-0.15, -0.1) is 0 Å². The number of hydrogen-bond acceptors (Lipinski definition) is 3. The molecule has 0 fully saturated rings. The second-order valence-electron chi connectivity index (χ2n) is 5.04. The van der Waals surface area contributed by atoms with Gasteiger partial charge in [0.2, 0.25) is 0 Å². The third kappa shape index (κ3) is 1.78. The largest absolute Gasteiger partial charge is 0.468 e. The van der Waals surface area contributed by atoms with Gasteiger partial charge in [-0.05, 0) is 38.5 Å². The Morgan fingerprint density at radius 2 is 2.06 bits per heavy atom. The Bertz CT molecular complexity index is 612. The fraction of sp³-hybridized carbons (Fsp3) is 0.429. The average Bonchev–Trinajstić information content (AvgIpc) is 2.63. The number of benzene rings is 1. The summed E-state index contributed by atoms with van der Waals surface area (Å²) in [5.74, 6) is 0.715. The molecule has 1 heterocycles. The van der Waals surface area contributed by atoms with Crippen molar-refractivity contribution in [3.8, 4) is 0 Å². The maximum Gasteiger partial charge on any atom is 0.315 e. The standard InChI is InChI=1S/C14H18N2O2/c1-9-15-11-8-10(6-7-12(11)16(9)4)14(2,3)13(17)18-5/h6-8H,1-5H3. The molecule has 0 saturated carbocycles. The Balaban J connectivity index is 2.57. The minimum Gasteiger partial charge on any atom is -0.468 e. The zero-order valence-corrected chi connectivity index (χ0v) is 11.4. The third-order valence-electron chi connectivity index (χ3n) is 3.52. The van der Waals surface area contributed by atoms with Crippen LogP contribution in [0.2, 0.25) is 0 Å². The molecule has 96 valence electrons. The molecule has 1 aromatic heterocycles. The van der Waals surface area contributed by atoms with Crippen molar-refractivity contribution in [1.82, 2.24) is 9.55 Å². The predicted octanol–water partition coefficient (Wildman–Crippen LogP) is 2.33. The summed E-state index contributed by atoms with van der Waals surface area (Å²) in [5.41, 5.74) is 2.23. The van der Waals surface area contributed by atoms with E-state index in [9.17, 15) is 4.79 Å². The first-order chi connectivity index (χ1) is 8.37. The highest BCUT2D eigenvalue weighted by atomic mass is 16.5. The van der Waals surface area contributed by atoms with Crippen LogP contribution in [-0.2, 0) is 22.0 Å². The van der Waals surface area contributed by atoms with Gasteiger partial charge in [-0.3, -0.25) is 4.79 Å². The van der Waals surface area contributed by atoms with E-state index in [1.54, 1.807) is 0 Å². The highest BCUT2D eigenvalue weighted by Crippen LogP contribution is 2.27. The van der Waals surface area contributed by atoms with E-state index in [0.717, 1.165) is 22.4 Å². The zero-order chi connectivity index (χ0) is 13.5. The molecule has 0 aliphatic heterocycles. The van der Waals surface area contributed by atoms with E-state index in [1.807, 2.05) is 50.6 Å². The molecule has 2 rings (SSSR count). The molecule has 0 radical (unpaired) electrons. The zero-order valence-electron chi connectivity index (χ0n) is 11.4. The molecule has 0 amide bonds. The number of nitrogens with zero attached hydrogens (tertiary/aromatic N) is 2. The molecule has 0 atom stereocenters. The second kappa shape index (κ2) is 4.12. The van der Waals surface area contributed by atoms with Crippen molar-refractivity contribution in [2.75, 3.05) is 7.11 Å². The molecular weight excluding hydrogens is 228 g/mol. The van der Waals surface area contributed by atoms with Crippen molar-refractivity contribution in [2.24, 2.45) is 7.05 Å². The van der Waals surface area contributed by atoms with E-state index in [1.165, 1.54) is 7.11 Å². The molecule has 4 nitrogen and oxygen atoms in total. The number of aryl methyl sites for hydroxylation is 2. The highest BCUT2D eigenvalue weighted by molar-refractivity contribution is 5.85. The van der Waals surface area contributed by atoms with Gasteiger partial charge in [0.1, 0.15) is 5.82 Å². The summed E-state index contributed by atoms with van der Waals surface area (Å²) in [6, 6.07) is 5.91. The van der Waals surface area contributed by atoms with E-state index < -0.39 is 5.41 Å². The summed E-state index contributed by atoms with van der Waals surface area (Å²) in [6.07, 6.45) is 0. The molecule has 0 aliphatic rings. The number of methoxy groups -OCH3 is 1. The van der Waals surface area contributed by atoms with E-state index in [0.29, 0.717) is 0 Å². The number of esters is 1. The number of imidazole rings is 1. The number of fused-ring (bicyclic) bond motifs is 1. The summed E-state index contributed by atoms with van der Waals surface area (Å²) in [4.78, 5) is 16.3. The molecule has 0 bridgehead atoms. The normalized spacial score (nSPS) is 11.8. The number of rotatable bonds is 2. The van der Waals surface area contributed by atoms with Crippen molar-refractivity contribution in [3.63, 3.8) is 0 Å². The van der Waals surface area contributed by atoms with Crippen molar-refractivity contribution in [1.29, 1.82) is 0 Å². The lowest BCUT2D eigenvalue weighted by molar-refractivity contribution is -0.146. The number of carbonyl (C=O) groups is 1. The Morgan fingerprint density at radius 1 is 1.39 bits per heavy atom. The highest BCUT2D eigenvalue weighted by Gasteiger charge is 2.31. The maximum atomic E-state index is 11.8. The molecular formula is C14H18N2O2. The Kier molecular flexibility index (Phi) is 2.89. The van der Waals surface area contributed by atoms with E-state index >= 15 is 0 Å². The number of aromatic nitrogens is 2. The number of ether oxygens (including phenoxy) is 1. The van der Waals surface area contributed by atoms with Crippen molar-refractivity contribution < 1.29 is 9.53 Å². The molecule has 0 unspecified atom stereocenters. The number of carbonyl (C=O) groups excluding carboxylic acids is 1. The Labute approximate surface area is 107 Å². The van der Waals surface area contributed by atoms with E-state index in [2.05, 4.69) is 4.98 Å². The van der Waals surface area contributed by atoms with Crippen LogP contribution >= 0.6 is 0 Å². The molecule has 2 aromatic rings. The van der Waals surface area contributed by atoms with Crippen molar-refractivity contribution >= 4 is 17.0 Å². The first-order valence-corrected chi connectivity index (χ1v) is 5.90. The summed E-state index contributed by atoms with van der Waals surface area (Å²) < 4.78 is 6.88. The van der Waals surface area contributed by atoms with E-state index in [4.69, 9.17) is 4.74 Å². The van der Waals surface area contributed by atoms with Crippen LogP contribution in [0.3, 0.4) is 0 Å². The van der Waals surface area contributed by atoms with Gasteiger partial charge >= 0.3 is 5.97 Å². The van der Waals surface area contributed by atoms with Crippen LogP contribution in [0, 0.1) is 6.92 Å². The van der Waals surface area contributed by atoms with Crippen LogP contribution in [0.25, 0.3) is 11.0 Å². The quantitative estimate of drug-likeness (QED) is 0.764. The van der Waals surface area contributed by atoms with Crippen LogP contribution in [0.5, 0.6) is 0 Å². The Hall–Kier alpha value is -1.84. The molecule has 18 heavy (non-hydrogen) atoms. The minimum atomic E-state index is -0.658. The predicted molar refractivity (Wildman–Crippen MR) is 70.5 cm³/mol. The first-order valence-electron chi connectivity index (χ1n) is 5.90. The molecule has 0 N–H and O–H groups in total. The summed E-state index contributed by atoms with van der Waals surface area (Å²) in [7, 11) is 3.39. The fourth-order valence-electron chi connectivity index (χ4n) is 2.08. The minimum absolute atomic E-state index is 0.241. The summed E-state index contributed by atoms with van der Waals surface area (Å²) >= 11 is 0. The topological polar surface area (TPSA) is 44.1 Å². The lowest BCUT2D eigenvalue weighted by atomic mass is 9.84. The second-order valence-corrected chi connectivity index (χ2v) is 5.04. The molecule has 0 saturated heterocycles. The van der Waals surface area contributed by atoms with Gasteiger partial charge in [-0.2, -0.15) is 0 Å². The van der Waals surface area contributed by atoms with Gasteiger partial charge in [0.25, 0.3) is 0 Å². The number of hydrogen-bond donors (Lipinski definition) is 0. The van der Waals surface area contributed by atoms with Crippen LogP contribution in [-0.4, -0.2) is 22.6 Å². The van der Waals surface area contributed by atoms with Gasteiger partial charge in [-0.25, -0.2) is 4.98 Å². The van der Waals surface area contributed by atoms with Gasteiger partial charge in [0.05, 0.1) is 23.6 Å². The molecule has 1 aromatic carbocycles. The fourth-order valence-corrected chi connectivity index (χ4v) is 2.08. The molecule has 4 heteroatoms. The van der Waals surface area contributed by atoms with Crippen LogP contribution in [0.15, 0.2) is 18.2 Å².